The van der Waals surface area contributed by atoms with Crippen molar-refractivity contribution in [3.63, 3.8) is 0 Å². The second kappa shape index (κ2) is 4.51. The molecule has 0 fully saturated rings. The number of carboxylic acid groups (broad SMARTS) is 1. The van der Waals surface area contributed by atoms with Gasteiger partial charge in [0.25, 0.3) is 5.69 Å². The minimum absolute atomic E-state index is 0.333. The fourth-order valence-electron chi connectivity index (χ4n) is 0.901. The van der Waals surface area contributed by atoms with Crippen LogP contribution >= 0.6 is 0 Å². The first-order valence-electron chi connectivity index (χ1n) is 4.21. The first-order valence-corrected chi connectivity index (χ1v) is 4.21. The minimum Gasteiger partial charge on any atom is -0.480 e. The van der Waals surface area contributed by atoms with Crippen molar-refractivity contribution in [1.29, 1.82) is 0 Å². The molecule has 0 aromatic carbocycles. The molecule has 1 atom stereocenters. The van der Waals surface area contributed by atoms with Crippen molar-refractivity contribution in [2.24, 2.45) is 0 Å². The number of rotatable bonds is 4. The molecule has 0 unspecified atom stereocenters. The van der Waals surface area contributed by atoms with Crippen molar-refractivity contribution in [1.82, 2.24) is 4.98 Å². The van der Waals surface area contributed by atoms with Crippen LogP contribution in [0.3, 0.4) is 0 Å². The average Bonchev–Trinajstić information content (AvgIpc) is 2.20. The van der Waals surface area contributed by atoms with Gasteiger partial charge in [-0.25, -0.2) is 9.37 Å². The molecule has 7 nitrogen and oxygen atoms in total. The standard InChI is InChI=1S/C8H8FN3O4/c1-4(8(13)14)11-7-6(9)2-5(3-10-7)12(15)16/h2-4H,1H3,(H,10,11)(H,13,14)/t4-/m1/s1. The first-order chi connectivity index (χ1) is 7.41. The summed E-state index contributed by atoms with van der Waals surface area (Å²) in [5, 5.41) is 21.1. The largest absolute Gasteiger partial charge is 0.480 e. The van der Waals surface area contributed by atoms with Crippen LogP contribution in [0.1, 0.15) is 6.92 Å². The summed E-state index contributed by atoms with van der Waals surface area (Å²) in [5.74, 6) is -2.48. The van der Waals surface area contributed by atoms with E-state index in [0.29, 0.717) is 6.07 Å². The molecule has 0 aliphatic carbocycles. The lowest BCUT2D eigenvalue weighted by Gasteiger charge is -2.09. The van der Waals surface area contributed by atoms with Gasteiger partial charge in [-0.3, -0.25) is 14.9 Å². The molecular formula is C8H8FN3O4. The monoisotopic (exact) mass is 229 g/mol. The van der Waals surface area contributed by atoms with Gasteiger partial charge in [0.05, 0.1) is 11.0 Å². The number of aliphatic carboxylic acids is 1. The number of anilines is 1. The number of halogens is 1. The highest BCUT2D eigenvalue weighted by atomic mass is 19.1. The summed E-state index contributed by atoms with van der Waals surface area (Å²) in [6.45, 7) is 1.30. The Kier molecular flexibility index (Phi) is 3.33. The Hall–Kier alpha value is -2.25. The molecule has 1 aromatic rings. The Morgan fingerprint density at radius 2 is 2.38 bits per heavy atom. The number of pyridine rings is 1. The zero-order valence-electron chi connectivity index (χ0n) is 8.18. The molecule has 0 saturated carbocycles. The summed E-state index contributed by atoms with van der Waals surface area (Å²) in [7, 11) is 0. The predicted octanol–water partition coefficient (Wildman–Crippen LogP) is 1.01. The lowest BCUT2D eigenvalue weighted by molar-refractivity contribution is -0.385. The van der Waals surface area contributed by atoms with Crippen molar-refractivity contribution in [3.05, 3.63) is 28.2 Å². The zero-order valence-corrected chi connectivity index (χ0v) is 8.18. The number of nitro groups is 1. The number of aromatic nitrogens is 1. The van der Waals surface area contributed by atoms with Crippen LogP contribution in [0.2, 0.25) is 0 Å². The maximum absolute atomic E-state index is 13.2. The third-order valence-corrected chi connectivity index (χ3v) is 1.76. The minimum atomic E-state index is -1.18. The first kappa shape index (κ1) is 11.8. The highest BCUT2D eigenvalue weighted by molar-refractivity contribution is 5.76. The van der Waals surface area contributed by atoms with Crippen LogP contribution in [0.5, 0.6) is 0 Å². The number of carboxylic acids is 1. The predicted molar refractivity (Wildman–Crippen MR) is 51.6 cm³/mol. The van der Waals surface area contributed by atoms with Crippen LogP contribution in [0.4, 0.5) is 15.9 Å². The molecule has 2 N–H and O–H groups in total. The summed E-state index contributed by atoms with van der Waals surface area (Å²) in [4.78, 5) is 23.4. The van der Waals surface area contributed by atoms with E-state index >= 15 is 0 Å². The molecule has 0 spiro atoms. The van der Waals surface area contributed by atoms with Gasteiger partial charge in [-0.15, -0.1) is 0 Å². The molecule has 1 aromatic heterocycles. The summed E-state index contributed by atoms with van der Waals surface area (Å²) in [6.07, 6.45) is 0.847. The molecular weight excluding hydrogens is 221 g/mol. The van der Waals surface area contributed by atoms with Crippen LogP contribution in [-0.4, -0.2) is 27.0 Å². The highest BCUT2D eigenvalue weighted by Gasteiger charge is 2.16. The molecule has 1 heterocycles. The van der Waals surface area contributed by atoms with Crippen molar-refractivity contribution >= 4 is 17.5 Å². The Bertz CT molecular complexity index is 437. The molecule has 0 bridgehead atoms. The van der Waals surface area contributed by atoms with Gasteiger partial charge in [-0.2, -0.15) is 0 Å². The molecule has 0 amide bonds. The lowest BCUT2D eigenvalue weighted by Crippen LogP contribution is -2.26. The van der Waals surface area contributed by atoms with Gasteiger partial charge in [0.15, 0.2) is 11.6 Å². The van der Waals surface area contributed by atoms with Gasteiger partial charge < -0.3 is 10.4 Å². The van der Waals surface area contributed by atoms with E-state index in [1.807, 2.05) is 0 Å². The van der Waals surface area contributed by atoms with E-state index < -0.39 is 28.4 Å². The fourth-order valence-corrected chi connectivity index (χ4v) is 0.901. The van der Waals surface area contributed by atoms with Crippen LogP contribution in [0.25, 0.3) is 0 Å². The molecule has 8 heteroatoms. The third-order valence-electron chi connectivity index (χ3n) is 1.76. The van der Waals surface area contributed by atoms with E-state index in [9.17, 15) is 19.3 Å². The summed E-state index contributed by atoms with van der Waals surface area (Å²) >= 11 is 0. The number of hydrogen-bond acceptors (Lipinski definition) is 5. The number of hydrogen-bond donors (Lipinski definition) is 2. The van der Waals surface area contributed by atoms with Crippen molar-refractivity contribution in [2.45, 2.75) is 13.0 Å². The normalized spacial score (nSPS) is 11.9. The molecule has 0 radical (unpaired) electrons. The molecule has 0 aliphatic rings. The quantitative estimate of drug-likeness (QED) is 0.589. The van der Waals surface area contributed by atoms with Crippen LogP contribution in [0, 0.1) is 15.9 Å². The van der Waals surface area contributed by atoms with Gasteiger partial charge in [-0.05, 0) is 6.92 Å². The van der Waals surface area contributed by atoms with Gasteiger partial charge in [-0.1, -0.05) is 0 Å². The van der Waals surface area contributed by atoms with E-state index in [-0.39, 0.29) is 5.82 Å². The summed E-state index contributed by atoms with van der Waals surface area (Å²) in [5.41, 5.74) is -0.494. The van der Waals surface area contributed by atoms with Gasteiger partial charge in [0, 0.05) is 0 Å². The smallest absolute Gasteiger partial charge is 0.325 e. The zero-order chi connectivity index (χ0) is 12.3. The summed E-state index contributed by atoms with van der Waals surface area (Å²) in [6, 6.07) is -0.368. The molecule has 0 aliphatic heterocycles. The average molecular weight is 229 g/mol. The van der Waals surface area contributed by atoms with Crippen LogP contribution in [0.15, 0.2) is 12.3 Å². The second-order valence-electron chi connectivity index (χ2n) is 2.99. The van der Waals surface area contributed by atoms with E-state index in [4.69, 9.17) is 5.11 Å². The maximum atomic E-state index is 13.2. The Labute approximate surface area is 89.1 Å². The van der Waals surface area contributed by atoms with E-state index in [1.165, 1.54) is 6.92 Å². The van der Waals surface area contributed by atoms with Crippen LogP contribution < -0.4 is 5.32 Å². The van der Waals surface area contributed by atoms with Crippen molar-refractivity contribution in [2.75, 3.05) is 5.32 Å². The lowest BCUT2D eigenvalue weighted by atomic mass is 10.3. The van der Waals surface area contributed by atoms with Crippen molar-refractivity contribution < 1.29 is 19.2 Å². The fraction of sp³-hybridized carbons (Fsp3) is 0.250. The van der Waals surface area contributed by atoms with Gasteiger partial charge >= 0.3 is 5.97 Å². The van der Waals surface area contributed by atoms with Gasteiger partial charge in [0.2, 0.25) is 0 Å². The number of carbonyl (C=O) groups is 1. The third kappa shape index (κ3) is 2.62. The highest BCUT2D eigenvalue weighted by Crippen LogP contribution is 2.17. The second-order valence-corrected chi connectivity index (χ2v) is 2.99. The van der Waals surface area contributed by atoms with Gasteiger partial charge in [0.1, 0.15) is 12.2 Å². The Morgan fingerprint density at radius 3 is 2.81 bits per heavy atom. The van der Waals surface area contributed by atoms with E-state index in [0.717, 1.165) is 6.20 Å². The Balaban J connectivity index is 2.91. The SMILES string of the molecule is C[C@@H](Nc1ncc([N+](=O)[O-])cc1F)C(=O)O. The summed E-state index contributed by atoms with van der Waals surface area (Å²) < 4.78 is 13.2. The number of nitrogens with one attached hydrogen (secondary N) is 1. The Morgan fingerprint density at radius 1 is 1.75 bits per heavy atom. The van der Waals surface area contributed by atoms with Crippen LogP contribution in [-0.2, 0) is 4.79 Å². The molecule has 0 saturated heterocycles. The topological polar surface area (TPSA) is 105 Å². The molecule has 16 heavy (non-hydrogen) atoms. The van der Waals surface area contributed by atoms with E-state index in [1.54, 1.807) is 0 Å². The van der Waals surface area contributed by atoms with Crippen molar-refractivity contribution in [3.8, 4) is 0 Å². The number of nitrogens with zero attached hydrogens (tertiary/aromatic N) is 2. The molecule has 86 valence electrons. The van der Waals surface area contributed by atoms with E-state index in [2.05, 4.69) is 10.3 Å². The maximum Gasteiger partial charge on any atom is 0.325 e. The molecule has 1 rings (SSSR count).